The van der Waals surface area contributed by atoms with E-state index in [1.54, 1.807) is 6.92 Å². The Morgan fingerprint density at radius 2 is 2.29 bits per heavy atom. The first-order valence-electron chi connectivity index (χ1n) is 5.22. The quantitative estimate of drug-likeness (QED) is 0.671. The van der Waals surface area contributed by atoms with Crippen molar-refractivity contribution in [3.05, 3.63) is 0 Å². The van der Waals surface area contributed by atoms with Crippen molar-refractivity contribution in [3.8, 4) is 0 Å². The van der Waals surface area contributed by atoms with Gasteiger partial charge in [-0.1, -0.05) is 0 Å². The summed E-state index contributed by atoms with van der Waals surface area (Å²) in [7, 11) is 0. The fraction of sp³-hybridized carbons (Fsp3) is 0.900. The number of hydrogen-bond acceptors (Lipinski definition) is 3. The van der Waals surface area contributed by atoms with E-state index in [9.17, 15) is 9.90 Å². The molecule has 0 aromatic rings. The number of nitrogens with zero attached hydrogens (tertiary/aromatic N) is 1. The number of hydrogen-bond donors (Lipinski definition) is 2. The zero-order chi connectivity index (χ0) is 10.7. The summed E-state index contributed by atoms with van der Waals surface area (Å²) in [5.41, 5.74) is 5.28. The van der Waals surface area contributed by atoms with E-state index in [2.05, 4.69) is 11.8 Å². The van der Waals surface area contributed by atoms with E-state index in [1.807, 2.05) is 0 Å². The fourth-order valence-electron chi connectivity index (χ4n) is 2.01. The Kier molecular flexibility index (Phi) is 3.89. The predicted molar refractivity (Wildman–Crippen MR) is 54.6 cm³/mol. The number of piperidine rings is 1. The Labute approximate surface area is 85.1 Å². The minimum Gasteiger partial charge on any atom is -0.392 e. The third kappa shape index (κ3) is 2.96. The predicted octanol–water partition coefficient (Wildman–Crippen LogP) is -0.0470. The van der Waals surface area contributed by atoms with Crippen LogP contribution in [-0.4, -0.2) is 41.1 Å². The van der Waals surface area contributed by atoms with Crippen molar-refractivity contribution in [3.63, 3.8) is 0 Å². The SMILES string of the molecule is CC(O)CN1CC(C(N)=O)CCC1C. The Hall–Kier alpha value is -0.610. The van der Waals surface area contributed by atoms with Gasteiger partial charge in [-0.15, -0.1) is 0 Å². The van der Waals surface area contributed by atoms with Gasteiger partial charge < -0.3 is 10.8 Å². The summed E-state index contributed by atoms with van der Waals surface area (Å²) in [5, 5.41) is 9.29. The van der Waals surface area contributed by atoms with Crippen LogP contribution in [0.5, 0.6) is 0 Å². The molecule has 1 aliphatic rings. The molecule has 1 fully saturated rings. The van der Waals surface area contributed by atoms with Gasteiger partial charge in [-0.25, -0.2) is 0 Å². The largest absolute Gasteiger partial charge is 0.392 e. The normalized spacial score (nSPS) is 31.4. The van der Waals surface area contributed by atoms with E-state index in [1.165, 1.54) is 0 Å². The van der Waals surface area contributed by atoms with Gasteiger partial charge >= 0.3 is 0 Å². The van der Waals surface area contributed by atoms with Crippen LogP contribution >= 0.6 is 0 Å². The van der Waals surface area contributed by atoms with Crippen molar-refractivity contribution < 1.29 is 9.90 Å². The van der Waals surface area contributed by atoms with Gasteiger partial charge in [0.05, 0.1) is 12.0 Å². The molecule has 3 N–H and O–H groups in total. The molecule has 0 aromatic carbocycles. The van der Waals surface area contributed by atoms with Crippen LogP contribution in [0.1, 0.15) is 26.7 Å². The highest BCUT2D eigenvalue weighted by atomic mass is 16.3. The number of β-amino-alcohol motifs (C(OH)–C–C–N with tert-alkyl or cyclic N) is 1. The summed E-state index contributed by atoms with van der Waals surface area (Å²) in [4.78, 5) is 13.2. The second kappa shape index (κ2) is 4.75. The highest BCUT2D eigenvalue weighted by Crippen LogP contribution is 2.21. The van der Waals surface area contributed by atoms with Gasteiger partial charge in [-0.2, -0.15) is 0 Å². The number of amides is 1. The molecule has 1 rings (SSSR count). The number of nitrogens with two attached hydrogens (primary N) is 1. The molecule has 4 nitrogen and oxygen atoms in total. The lowest BCUT2D eigenvalue weighted by Crippen LogP contribution is -2.48. The van der Waals surface area contributed by atoms with Crippen LogP contribution in [0.15, 0.2) is 0 Å². The molecule has 14 heavy (non-hydrogen) atoms. The van der Waals surface area contributed by atoms with Crippen molar-refractivity contribution in [2.45, 2.75) is 38.8 Å². The van der Waals surface area contributed by atoms with Crippen LogP contribution in [0, 0.1) is 5.92 Å². The highest BCUT2D eigenvalue weighted by Gasteiger charge is 2.28. The minimum atomic E-state index is -0.343. The molecular formula is C10H20N2O2. The van der Waals surface area contributed by atoms with E-state index in [-0.39, 0.29) is 17.9 Å². The zero-order valence-corrected chi connectivity index (χ0v) is 8.94. The zero-order valence-electron chi connectivity index (χ0n) is 8.94. The summed E-state index contributed by atoms with van der Waals surface area (Å²) < 4.78 is 0. The molecule has 1 amide bonds. The summed E-state index contributed by atoms with van der Waals surface area (Å²) in [5.74, 6) is -0.252. The number of carbonyl (C=O) groups is 1. The summed E-state index contributed by atoms with van der Waals surface area (Å²) in [6.07, 6.45) is 1.52. The Morgan fingerprint density at radius 3 is 2.79 bits per heavy atom. The molecule has 82 valence electrons. The number of rotatable bonds is 3. The van der Waals surface area contributed by atoms with Crippen LogP contribution in [0.4, 0.5) is 0 Å². The van der Waals surface area contributed by atoms with Gasteiger partial charge in [0, 0.05) is 19.1 Å². The second-order valence-corrected chi connectivity index (χ2v) is 4.33. The summed E-state index contributed by atoms with van der Waals surface area (Å²) in [6.45, 7) is 5.21. The fourth-order valence-corrected chi connectivity index (χ4v) is 2.01. The standard InChI is InChI=1S/C10H20N2O2/c1-7-3-4-9(10(11)14)6-12(7)5-8(2)13/h7-9,13H,3-6H2,1-2H3,(H2,11,14). The minimum absolute atomic E-state index is 0.0371. The van der Waals surface area contributed by atoms with Crippen LogP contribution in [0.2, 0.25) is 0 Å². The molecule has 0 saturated carbocycles. The average Bonchev–Trinajstić information content (AvgIpc) is 2.07. The number of primary amides is 1. The number of likely N-dealkylation sites (tertiary alicyclic amines) is 1. The van der Waals surface area contributed by atoms with E-state index < -0.39 is 0 Å². The molecule has 1 heterocycles. The number of aliphatic hydroxyl groups excluding tert-OH is 1. The van der Waals surface area contributed by atoms with Gasteiger partial charge in [0.15, 0.2) is 0 Å². The topological polar surface area (TPSA) is 66.6 Å². The number of carbonyl (C=O) groups excluding carboxylic acids is 1. The van der Waals surface area contributed by atoms with Crippen molar-refractivity contribution >= 4 is 5.91 Å². The molecule has 1 saturated heterocycles. The molecule has 0 bridgehead atoms. The molecule has 0 aromatic heterocycles. The monoisotopic (exact) mass is 200 g/mol. The lowest BCUT2D eigenvalue weighted by Gasteiger charge is -2.37. The number of aliphatic hydroxyl groups is 1. The maximum Gasteiger partial charge on any atom is 0.221 e. The molecule has 0 spiro atoms. The molecule has 3 atom stereocenters. The Bertz CT molecular complexity index is 206. The van der Waals surface area contributed by atoms with Crippen molar-refractivity contribution in [1.82, 2.24) is 4.90 Å². The lowest BCUT2D eigenvalue weighted by molar-refractivity contribution is -0.124. The van der Waals surface area contributed by atoms with E-state index in [0.29, 0.717) is 19.1 Å². The van der Waals surface area contributed by atoms with Crippen LogP contribution in [-0.2, 0) is 4.79 Å². The van der Waals surface area contributed by atoms with Gasteiger partial charge in [-0.3, -0.25) is 9.69 Å². The molecular weight excluding hydrogens is 180 g/mol. The van der Waals surface area contributed by atoms with Gasteiger partial charge in [0.25, 0.3) is 0 Å². The van der Waals surface area contributed by atoms with Crippen molar-refractivity contribution in [1.29, 1.82) is 0 Å². The first-order valence-corrected chi connectivity index (χ1v) is 5.22. The van der Waals surface area contributed by atoms with Gasteiger partial charge in [-0.05, 0) is 26.7 Å². The van der Waals surface area contributed by atoms with Crippen LogP contribution in [0.25, 0.3) is 0 Å². The van der Waals surface area contributed by atoms with Crippen LogP contribution < -0.4 is 5.73 Å². The average molecular weight is 200 g/mol. The second-order valence-electron chi connectivity index (χ2n) is 4.33. The Morgan fingerprint density at radius 1 is 1.64 bits per heavy atom. The van der Waals surface area contributed by atoms with E-state index in [4.69, 9.17) is 5.73 Å². The Balaban J connectivity index is 2.50. The van der Waals surface area contributed by atoms with Gasteiger partial charge in [0.1, 0.15) is 0 Å². The molecule has 1 aliphatic heterocycles. The molecule has 3 unspecified atom stereocenters. The maximum absolute atomic E-state index is 11.0. The third-order valence-electron chi connectivity index (χ3n) is 2.91. The first kappa shape index (κ1) is 11.5. The lowest BCUT2D eigenvalue weighted by atomic mass is 9.93. The maximum atomic E-state index is 11.0. The summed E-state index contributed by atoms with van der Waals surface area (Å²) >= 11 is 0. The van der Waals surface area contributed by atoms with Crippen LogP contribution in [0.3, 0.4) is 0 Å². The molecule has 0 radical (unpaired) electrons. The smallest absolute Gasteiger partial charge is 0.221 e. The third-order valence-corrected chi connectivity index (χ3v) is 2.91. The van der Waals surface area contributed by atoms with E-state index in [0.717, 1.165) is 12.8 Å². The van der Waals surface area contributed by atoms with E-state index >= 15 is 0 Å². The van der Waals surface area contributed by atoms with Crippen molar-refractivity contribution in [2.75, 3.05) is 13.1 Å². The van der Waals surface area contributed by atoms with Crippen molar-refractivity contribution in [2.24, 2.45) is 11.7 Å². The molecule has 0 aliphatic carbocycles. The summed E-state index contributed by atoms with van der Waals surface area (Å²) in [6, 6.07) is 0.445. The molecule has 4 heteroatoms. The van der Waals surface area contributed by atoms with Gasteiger partial charge in [0.2, 0.25) is 5.91 Å². The highest BCUT2D eigenvalue weighted by molar-refractivity contribution is 5.76. The first-order chi connectivity index (χ1) is 6.50.